The number of pyridine rings is 1. The molecule has 0 aliphatic rings. The molecule has 1 N–H and O–H groups in total. The molecule has 2 aromatic rings. The molecule has 112 valence electrons. The molecule has 2 rings (SSSR count). The predicted octanol–water partition coefficient (Wildman–Crippen LogP) is 3.87. The van der Waals surface area contributed by atoms with Crippen LogP contribution in [0.15, 0.2) is 42.6 Å². The van der Waals surface area contributed by atoms with E-state index in [0.29, 0.717) is 0 Å². The van der Waals surface area contributed by atoms with Crippen molar-refractivity contribution in [2.24, 2.45) is 0 Å². The Morgan fingerprint density at radius 3 is 2.62 bits per heavy atom. The number of nitrogens with zero attached hydrogens (tertiary/aromatic N) is 2. The molecule has 0 fully saturated rings. The molecule has 21 heavy (non-hydrogen) atoms. The van der Waals surface area contributed by atoms with E-state index in [1.165, 1.54) is 11.1 Å². The highest BCUT2D eigenvalue weighted by molar-refractivity contribution is 6.30. The van der Waals surface area contributed by atoms with E-state index in [1.54, 1.807) is 0 Å². The molecule has 0 aliphatic carbocycles. The zero-order valence-electron chi connectivity index (χ0n) is 12.6. The van der Waals surface area contributed by atoms with Gasteiger partial charge in [0.1, 0.15) is 5.82 Å². The summed E-state index contributed by atoms with van der Waals surface area (Å²) in [5, 5.41) is 4.24. The van der Waals surface area contributed by atoms with Crippen LogP contribution in [-0.2, 0) is 13.1 Å². The Morgan fingerprint density at radius 1 is 1.10 bits per heavy atom. The van der Waals surface area contributed by atoms with Gasteiger partial charge in [0.05, 0.1) is 0 Å². The Morgan fingerprint density at radius 2 is 1.90 bits per heavy atom. The summed E-state index contributed by atoms with van der Waals surface area (Å²) in [7, 11) is 0. The van der Waals surface area contributed by atoms with Gasteiger partial charge in [-0.2, -0.15) is 0 Å². The molecule has 0 saturated carbocycles. The van der Waals surface area contributed by atoms with Gasteiger partial charge in [-0.15, -0.1) is 0 Å². The zero-order chi connectivity index (χ0) is 15.1. The quantitative estimate of drug-likeness (QED) is 0.841. The van der Waals surface area contributed by atoms with Gasteiger partial charge in [-0.1, -0.05) is 29.8 Å². The number of hydrogen-bond donors (Lipinski definition) is 1. The topological polar surface area (TPSA) is 28.2 Å². The lowest BCUT2D eigenvalue weighted by atomic mass is 10.2. The van der Waals surface area contributed by atoms with E-state index in [-0.39, 0.29) is 0 Å². The molecule has 1 heterocycles. The third kappa shape index (κ3) is 4.45. The first-order chi connectivity index (χ1) is 10.2. The van der Waals surface area contributed by atoms with E-state index in [2.05, 4.69) is 41.2 Å². The maximum Gasteiger partial charge on any atom is 0.132 e. The number of rotatable bonds is 7. The van der Waals surface area contributed by atoms with Gasteiger partial charge in [0.15, 0.2) is 0 Å². The normalized spacial score (nSPS) is 10.6. The summed E-state index contributed by atoms with van der Waals surface area (Å²) in [6.07, 6.45) is 1.86. The van der Waals surface area contributed by atoms with Crippen molar-refractivity contribution in [1.29, 1.82) is 0 Å². The van der Waals surface area contributed by atoms with E-state index in [4.69, 9.17) is 11.6 Å². The second-order valence-corrected chi connectivity index (χ2v) is 5.33. The number of hydrogen-bond acceptors (Lipinski definition) is 3. The number of aromatic nitrogens is 1. The van der Waals surface area contributed by atoms with Gasteiger partial charge in [-0.05, 0) is 37.6 Å². The molecule has 0 spiro atoms. The van der Waals surface area contributed by atoms with E-state index in [0.717, 1.165) is 37.0 Å². The summed E-state index contributed by atoms with van der Waals surface area (Å²) in [6.45, 7) is 7.84. The molecule has 1 aromatic carbocycles. The van der Waals surface area contributed by atoms with Crippen LogP contribution in [0.25, 0.3) is 0 Å². The van der Waals surface area contributed by atoms with Crippen molar-refractivity contribution in [2.45, 2.75) is 26.9 Å². The van der Waals surface area contributed by atoms with E-state index < -0.39 is 0 Å². The molecule has 0 radical (unpaired) electrons. The maximum absolute atomic E-state index is 6.00. The Hall–Kier alpha value is -1.58. The summed E-state index contributed by atoms with van der Waals surface area (Å²) >= 11 is 6.00. The Balaban J connectivity index is 2.00. The average molecular weight is 304 g/mol. The smallest absolute Gasteiger partial charge is 0.132 e. The molecular weight excluding hydrogens is 282 g/mol. The highest BCUT2D eigenvalue weighted by atomic mass is 35.5. The van der Waals surface area contributed by atoms with Gasteiger partial charge in [0.2, 0.25) is 0 Å². The van der Waals surface area contributed by atoms with Gasteiger partial charge in [0.25, 0.3) is 0 Å². The summed E-state index contributed by atoms with van der Waals surface area (Å²) in [5.41, 5.74) is 2.42. The van der Waals surface area contributed by atoms with Gasteiger partial charge in [0, 0.05) is 43.0 Å². The first-order valence-corrected chi connectivity index (χ1v) is 7.76. The van der Waals surface area contributed by atoms with E-state index in [9.17, 15) is 0 Å². The van der Waals surface area contributed by atoms with E-state index >= 15 is 0 Å². The standard InChI is InChI=1S/C17H22ClN3/c1-3-21(4-2)17-15(8-6-10-20-17)13-19-12-14-7-5-9-16(18)11-14/h5-11,19H,3-4,12-13H2,1-2H3. The minimum absolute atomic E-state index is 0.777. The van der Waals surface area contributed by atoms with Gasteiger partial charge in [-0.3, -0.25) is 0 Å². The minimum Gasteiger partial charge on any atom is -0.357 e. The van der Waals surface area contributed by atoms with Gasteiger partial charge < -0.3 is 10.2 Å². The van der Waals surface area contributed by atoms with Crippen molar-refractivity contribution in [3.63, 3.8) is 0 Å². The second kappa shape index (κ2) is 8.01. The average Bonchev–Trinajstić information content (AvgIpc) is 2.50. The summed E-state index contributed by atoms with van der Waals surface area (Å²) in [4.78, 5) is 6.80. The molecule has 1 aromatic heterocycles. The van der Waals surface area contributed by atoms with Crippen LogP contribution in [0.5, 0.6) is 0 Å². The largest absolute Gasteiger partial charge is 0.357 e. The van der Waals surface area contributed by atoms with Crippen LogP contribution in [0.3, 0.4) is 0 Å². The molecule has 0 aliphatic heterocycles. The fraction of sp³-hybridized carbons (Fsp3) is 0.353. The first kappa shape index (κ1) is 15.8. The van der Waals surface area contributed by atoms with Crippen molar-refractivity contribution < 1.29 is 0 Å². The van der Waals surface area contributed by atoms with Crippen LogP contribution in [-0.4, -0.2) is 18.1 Å². The van der Waals surface area contributed by atoms with Crippen molar-refractivity contribution in [3.05, 3.63) is 58.7 Å². The highest BCUT2D eigenvalue weighted by Gasteiger charge is 2.08. The molecule has 3 nitrogen and oxygen atoms in total. The number of benzene rings is 1. The summed E-state index contributed by atoms with van der Waals surface area (Å²) < 4.78 is 0. The predicted molar refractivity (Wildman–Crippen MR) is 89.8 cm³/mol. The van der Waals surface area contributed by atoms with E-state index in [1.807, 2.05) is 30.5 Å². The number of halogens is 1. The molecule has 0 unspecified atom stereocenters. The van der Waals surface area contributed by atoms with Crippen LogP contribution < -0.4 is 10.2 Å². The monoisotopic (exact) mass is 303 g/mol. The summed E-state index contributed by atoms with van der Waals surface area (Å²) in [6, 6.07) is 12.1. The third-order valence-corrected chi connectivity index (χ3v) is 3.70. The number of nitrogens with one attached hydrogen (secondary N) is 1. The fourth-order valence-electron chi connectivity index (χ4n) is 2.36. The Kier molecular flexibility index (Phi) is 6.03. The number of anilines is 1. The van der Waals surface area contributed by atoms with Crippen LogP contribution >= 0.6 is 11.6 Å². The third-order valence-electron chi connectivity index (χ3n) is 3.46. The SMILES string of the molecule is CCN(CC)c1ncccc1CNCc1cccc(Cl)c1. The zero-order valence-corrected chi connectivity index (χ0v) is 13.4. The highest BCUT2D eigenvalue weighted by Crippen LogP contribution is 2.17. The van der Waals surface area contributed by atoms with Crippen LogP contribution in [0.4, 0.5) is 5.82 Å². The van der Waals surface area contributed by atoms with Crippen molar-refractivity contribution in [2.75, 3.05) is 18.0 Å². The molecule has 0 saturated heterocycles. The van der Waals surface area contributed by atoms with Crippen molar-refractivity contribution in [3.8, 4) is 0 Å². The molecule has 0 bridgehead atoms. The van der Waals surface area contributed by atoms with Crippen molar-refractivity contribution >= 4 is 17.4 Å². The molecule has 4 heteroatoms. The minimum atomic E-state index is 0.777. The first-order valence-electron chi connectivity index (χ1n) is 7.38. The van der Waals surface area contributed by atoms with Crippen LogP contribution in [0, 0.1) is 0 Å². The molecular formula is C17H22ClN3. The Labute approximate surface area is 132 Å². The lowest BCUT2D eigenvalue weighted by Gasteiger charge is -2.22. The molecule has 0 atom stereocenters. The van der Waals surface area contributed by atoms with Gasteiger partial charge >= 0.3 is 0 Å². The molecule has 0 amide bonds. The summed E-state index contributed by atoms with van der Waals surface area (Å²) in [5.74, 6) is 1.07. The lowest BCUT2D eigenvalue weighted by molar-refractivity contribution is 0.686. The second-order valence-electron chi connectivity index (χ2n) is 4.89. The fourth-order valence-corrected chi connectivity index (χ4v) is 2.58. The van der Waals surface area contributed by atoms with Crippen molar-refractivity contribution in [1.82, 2.24) is 10.3 Å². The Bertz CT molecular complexity index is 567. The lowest BCUT2D eigenvalue weighted by Crippen LogP contribution is -2.25. The van der Waals surface area contributed by atoms with Crippen LogP contribution in [0.1, 0.15) is 25.0 Å². The van der Waals surface area contributed by atoms with Crippen LogP contribution in [0.2, 0.25) is 5.02 Å². The van der Waals surface area contributed by atoms with Gasteiger partial charge in [-0.25, -0.2) is 4.98 Å². The maximum atomic E-state index is 6.00.